The van der Waals surface area contributed by atoms with E-state index in [-0.39, 0.29) is 0 Å². The third-order valence-electron chi connectivity index (χ3n) is 9.67. The van der Waals surface area contributed by atoms with Crippen molar-refractivity contribution >= 4 is 81.3 Å². The van der Waals surface area contributed by atoms with Crippen molar-refractivity contribution in [2.24, 2.45) is 0 Å². The third-order valence-corrected chi connectivity index (χ3v) is 10.8. The summed E-state index contributed by atoms with van der Waals surface area (Å²) in [6.07, 6.45) is 0. The largest absolute Gasteiger partial charge is 0.456 e. The van der Waals surface area contributed by atoms with Crippen LogP contribution in [0.3, 0.4) is 0 Å². The molecule has 49 heavy (non-hydrogen) atoms. The van der Waals surface area contributed by atoms with Gasteiger partial charge in [-0.1, -0.05) is 115 Å². The van der Waals surface area contributed by atoms with Crippen LogP contribution in [0.25, 0.3) is 75.1 Å². The lowest BCUT2D eigenvalue weighted by atomic mass is 9.98. The lowest BCUT2D eigenvalue weighted by Gasteiger charge is -2.27. The van der Waals surface area contributed by atoms with E-state index < -0.39 is 0 Å². The minimum Gasteiger partial charge on any atom is -0.456 e. The summed E-state index contributed by atoms with van der Waals surface area (Å²) in [5.74, 6) is 0. The van der Waals surface area contributed by atoms with Crippen LogP contribution < -0.4 is 4.90 Å². The van der Waals surface area contributed by atoms with E-state index in [2.05, 4.69) is 169 Å². The molecule has 2 heterocycles. The maximum absolute atomic E-state index is 6.15. The lowest BCUT2D eigenvalue weighted by molar-refractivity contribution is 0.669. The molecule has 0 spiro atoms. The van der Waals surface area contributed by atoms with Gasteiger partial charge in [0.25, 0.3) is 0 Å². The Kier molecular flexibility index (Phi) is 6.39. The summed E-state index contributed by atoms with van der Waals surface area (Å²) in [7, 11) is 0. The first-order chi connectivity index (χ1) is 24.3. The molecule has 8 aromatic carbocycles. The molecule has 0 atom stereocenters. The van der Waals surface area contributed by atoms with Crippen molar-refractivity contribution in [3.63, 3.8) is 0 Å². The molecule has 0 amide bonds. The second-order valence-electron chi connectivity index (χ2n) is 12.5. The smallest absolute Gasteiger partial charge is 0.136 e. The average Bonchev–Trinajstić information content (AvgIpc) is 3.75. The molecule has 10 aromatic rings. The molecule has 0 bridgehead atoms. The van der Waals surface area contributed by atoms with Crippen molar-refractivity contribution < 1.29 is 4.42 Å². The Balaban J connectivity index is 1.09. The van der Waals surface area contributed by atoms with Gasteiger partial charge in [0, 0.05) is 42.3 Å². The molecule has 0 unspecified atom stereocenters. The standard InChI is InChI=1S/C46H29NOS/c1-2-9-30(10-3-1)31-17-23-35(24-18-31)47(40-13-8-16-44-46(40)39-12-5-7-15-43(39)49-44)36-25-19-32(20-26-36)33-21-27-37-34(29-33)22-28-42-45(37)38-11-4-6-14-41(38)48-42/h1-29H. The van der Waals surface area contributed by atoms with Gasteiger partial charge < -0.3 is 9.32 Å². The number of hydrogen-bond donors (Lipinski definition) is 0. The molecule has 0 radical (unpaired) electrons. The van der Waals surface area contributed by atoms with Crippen LogP contribution in [0.15, 0.2) is 180 Å². The molecule has 230 valence electrons. The second kappa shape index (κ2) is 11.2. The van der Waals surface area contributed by atoms with Crippen LogP contribution in [0.5, 0.6) is 0 Å². The van der Waals surface area contributed by atoms with Crippen molar-refractivity contribution in [3.05, 3.63) is 176 Å². The van der Waals surface area contributed by atoms with Gasteiger partial charge in [0.15, 0.2) is 0 Å². The van der Waals surface area contributed by atoms with Gasteiger partial charge >= 0.3 is 0 Å². The third kappa shape index (κ3) is 4.62. The number of nitrogens with zero attached hydrogens (tertiary/aromatic N) is 1. The second-order valence-corrected chi connectivity index (χ2v) is 13.6. The van der Waals surface area contributed by atoms with Crippen molar-refractivity contribution in [1.29, 1.82) is 0 Å². The predicted molar refractivity (Wildman–Crippen MR) is 210 cm³/mol. The van der Waals surface area contributed by atoms with E-state index in [0.29, 0.717) is 0 Å². The fraction of sp³-hybridized carbons (Fsp3) is 0. The highest BCUT2D eigenvalue weighted by molar-refractivity contribution is 7.26. The highest BCUT2D eigenvalue weighted by Crippen LogP contribution is 2.45. The Hall–Kier alpha value is -6.16. The highest BCUT2D eigenvalue weighted by Gasteiger charge is 2.19. The maximum atomic E-state index is 6.15. The number of rotatable bonds is 5. The number of hydrogen-bond acceptors (Lipinski definition) is 3. The van der Waals surface area contributed by atoms with E-state index in [1.165, 1.54) is 64.3 Å². The topological polar surface area (TPSA) is 16.4 Å². The quantitative estimate of drug-likeness (QED) is 0.186. The van der Waals surface area contributed by atoms with Crippen LogP contribution in [0.4, 0.5) is 17.1 Å². The van der Waals surface area contributed by atoms with Gasteiger partial charge in [-0.3, -0.25) is 0 Å². The molecular formula is C46H29NOS. The Morgan fingerprint density at radius 1 is 0.388 bits per heavy atom. The van der Waals surface area contributed by atoms with Gasteiger partial charge in [0.1, 0.15) is 11.2 Å². The van der Waals surface area contributed by atoms with Gasteiger partial charge in [0.05, 0.1) is 5.69 Å². The number of thiophene rings is 1. The highest BCUT2D eigenvalue weighted by atomic mass is 32.1. The van der Waals surface area contributed by atoms with Crippen LogP contribution in [0, 0.1) is 0 Å². The Bertz CT molecular complexity index is 2810. The van der Waals surface area contributed by atoms with Crippen molar-refractivity contribution in [2.75, 3.05) is 4.90 Å². The van der Waals surface area contributed by atoms with E-state index in [4.69, 9.17) is 4.42 Å². The summed E-state index contributed by atoms with van der Waals surface area (Å²) in [4.78, 5) is 2.40. The van der Waals surface area contributed by atoms with E-state index >= 15 is 0 Å². The fourth-order valence-electron chi connectivity index (χ4n) is 7.34. The average molecular weight is 644 g/mol. The molecule has 2 nitrogen and oxygen atoms in total. The summed E-state index contributed by atoms with van der Waals surface area (Å²) in [6, 6.07) is 63.3. The van der Waals surface area contributed by atoms with Crippen molar-refractivity contribution in [1.82, 2.24) is 0 Å². The number of benzene rings is 8. The minimum atomic E-state index is 0.926. The van der Waals surface area contributed by atoms with Crippen molar-refractivity contribution in [2.45, 2.75) is 0 Å². The number of furan rings is 1. The molecule has 0 saturated heterocycles. The zero-order valence-corrected chi connectivity index (χ0v) is 27.3. The summed E-state index contributed by atoms with van der Waals surface area (Å²) in [5.41, 5.74) is 10.1. The number of fused-ring (bicyclic) bond motifs is 8. The van der Waals surface area contributed by atoms with Crippen molar-refractivity contribution in [3.8, 4) is 22.3 Å². The fourth-order valence-corrected chi connectivity index (χ4v) is 8.47. The van der Waals surface area contributed by atoms with Crippen LogP contribution in [-0.4, -0.2) is 0 Å². The van der Waals surface area contributed by atoms with Crippen LogP contribution in [-0.2, 0) is 0 Å². The van der Waals surface area contributed by atoms with Gasteiger partial charge in [-0.25, -0.2) is 0 Å². The molecule has 0 fully saturated rings. The molecule has 0 aliphatic rings. The first kappa shape index (κ1) is 27.9. The Morgan fingerprint density at radius 3 is 1.82 bits per heavy atom. The molecule has 0 N–H and O–H groups in total. The molecule has 0 aliphatic carbocycles. The Morgan fingerprint density at radius 2 is 1.02 bits per heavy atom. The summed E-state index contributed by atoms with van der Waals surface area (Å²) < 4.78 is 8.75. The first-order valence-electron chi connectivity index (χ1n) is 16.6. The van der Waals surface area contributed by atoms with E-state index in [0.717, 1.165) is 27.9 Å². The van der Waals surface area contributed by atoms with E-state index in [9.17, 15) is 0 Å². The maximum Gasteiger partial charge on any atom is 0.136 e. The lowest BCUT2D eigenvalue weighted by Crippen LogP contribution is -2.10. The molecule has 10 rings (SSSR count). The monoisotopic (exact) mass is 643 g/mol. The molecule has 2 aromatic heterocycles. The number of anilines is 3. The number of para-hydroxylation sites is 1. The molecule has 0 aliphatic heterocycles. The SMILES string of the molecule is c1ccc(-c2ccc(N(c3ccc(-c4ccc5c(ccc6oc7ccccc7c65)c4)cc3)c3cccc4sc5ccccc5c34)cc2)cc1. The molecule has 3 heteroatoms. The summed E-state index contributed by atoms with van der Waals surface area (Å²) >= 11 is 1.85. The molecule has 0 saturated carbocycles. The van der Waals surface area contributed by atoms with Crippen LogP contribution in [0.2, 0.25) is 0 Å². The molecular weight excluding hydrogens is 615 g/mol. The zero-order valence-electron chi connectivity index (χ0n) is 26.5. The first-order valence-corrected chi connectivity index (χ1v) is 17.4. The van der Waals surface area contributed by atoms with Gasteiger partial charge in [-0.05, 0) is 93.7 Å². The summed E-state index contributed by atoms with van der Waals surface area (Å²) in [6.45, 7) is 0. The van der Waals surface area contributed by atoms with Gasteiger partial charge in [-0.2, -0.15) is 0 Å². The zero-order chi connectivity index (χ0) is 32.3. The van der Waals surface area contributed by atoms with Gasteiger partial charge in [0.2, 0.25) is 0 Å². The minimum absolute atomic E-state index is 0.926. The predicted octanol–water partition coefficient (Wildman–Crippen LogP) is 13.9. The van der Waals surface area contributed by atoms with Crippen LogP contribution in [0.1, 0.15) is 0 Å². The van der Waals surface area contributed by atoms with Gasteiger partial charge in [-0.15, -0.1) is 11.3 Å². The Labute approximate surface area is 287 Å². The summed E-state index contributed by atoms with van der Waals surface area (Å²) in [5, 5.41) is 7.33. The normalized spacial score (nSPS) is 11.7. The van der Waals surface area contributed by atoms with Crippen LogP contribution >= 0.6 is 11.3 Å². The van der Waals surface area contributed by atoms with E-state index in [1.54, 1.807) is 0 Å². The van der Waals surface area contributed by atoms with E-state index in [1.807, 2.05) is 23.5 Å².